The van der Waals surface area contributed by atoms with Gasteiger partial charge in [-0.25, -0.2) is 4.68 Å². The Balaban J connectivity index is 2.37. The quantitative estimate of drug-likeness (QED) is 0.828. The van der Waals surface area contributed by atoms with Crippen LogP contribution < -0.4 is 16.2 Å². The minimum absolute atomic E-state index is 0.215. The van der Waals surface area contributed by atoms with Gasteiger partial charge in [0.1, 0.15) is 5.02 Å². The number of nitrogens with two attached hydrogens (primary N) is 1. The predicted octanol–water partition coefficient (Wildman–Crippen LogP) is 1.01. The van der Waals surface area contributed by atoms with Gasteiger partial charge in [0.25, 0.3) is 5.56 Å². The molecule has 6 heteroatoms. The van der Waals surface area contributed by atoms with Gasteiger partial charge in [-0.05, 0) is 12.8 Å². The molecule has 0 aliphatic carbocycles. The van der Waals surface area contributed by atoms with Gasteiger partial charge in [-0.1, -0.05) is 17.7 Å². The molecule has 0 spiro atoms. The van der Waals surface area contributed by atoms with E-state index in [-0.39, 0.29) is 16.6 Å². The molecular formula is C12H17ClN4O. The van der Waals surface area contributed by atoms with Gasteiger partial charge >= 0.3 is 0 Å². The van der Waals surface area contributed by atoms with E-state index in [2.05, 4.69) is 16.6 Å². The van der Waals surface area contributed by atoms with Gasteiger partial charge in [-0.2, -0.15) is 5.10 Å². The minimum Gasteiger partial charge on any atom is -0.365 e. The molecule has 0 bridgehead atoms. The van der Waals surface area contributed by atoms with Crippen LogP contribution in [-0.2, 0) is 6.54 Å². The number of aromatic nitrogens is 2. The largest absolute Gasteiger partial charge is 0.365 e. The van der Waals surface area contributed by atoms with Crippen molar-refractivity contribution in [3.63, 3.8) is 0 Å². The van der Waals surface area contributed by atoms with Crippen LogP contribution in [0.3, 0.4) is 0 Å². The first-order chi connectivity index (χ1) is 8.69. The second-order valence-corrected chi connectivity index (χ2v) is 4.72. The Kier molecular flexibility index (Phi) is 4.04. The van der Waals surface area contributed by atoms with E-state index < -0.39 is 0 Å². The molecule has 2 N–H and O–H groups in total. The molecule has 0 saturated carbocycles. The van der Waals surface area contributed by atoms with E-state index in [1.54, 1.807) is 12.3 Å². The number of hydrogen-bond acceptors (Lipinski definition) is 4. The normalized spacial score (nSPS) is 19.2. The summed E-state index contributed by atoms with van der Waals surface area (Å²) in [4.78, 5) is 14.1. The van der Waals surface area contributed by atoms with Crippen molar-refractivity contribution in [3.05, 3.63) is 34.2 Å². The van der Waals surface area contributed by atoms with Gasteiger partial charge in [0.2, 0.25) is 0 Å². The fourth-order valence-corrected chi connectivity index (χ4v) is 2.56. The van der Waals surface area contributed by atoms with Crippen LogP contribution >= 0.6 is 11.6 Å². The minimum atomic E-state index is -0.281. The van der Waals surface area contributed by atoms with Gasteiger partial charge in [0.05, 0.1) is 18.4 Å². The zero-order valence-electron chi connectivity index (χ0n) is 10.2. The third-order valence-electron chi connectivity index (χ3n) is 3.23. The summed E-state index contributed by atoms with van der Waals surface area (Å²) in [6.45, 7) is 5.37. The molecule has 18 heavy (non-hydrogen) atoms. The SMILES string of the molecule is C=CCn1ncc(N2CCCC2CN)c(Cl)c1=O. The molecule has 1 aliphatic rings. The van der Waals surface area contributed by atoms with Crippen LogP contribution in [0.4, 0.5) is 5.69 Å². The van der Waals surface area contributed by atoms with Crippen LogP contribution in [0.25, 0.3) is 0 Å². The summed E-state index contributed by atoms with van der Waals surface area (Å²) in [5, 5.41) is 4.32. The van der Waals surface area contributed by atoms with Crippen molar-refractivity contribution >= 4 is 17.3 Å². The molecule has 1 aliphatic heterocycles. The van der Waals surface area contributed by atoms with Crippen molar-refractivity contribution in [1.29, 1.82) is 0 Å². The van der Waals surface area contributed by atoms with Gasteiger partial charge < -0.3 is 10.6 Å². The Bertz CT molecular complexity index is 499. The second kappa shape index (κ2) is 5.54. The number of allylic oxidation sites excluding steroid dienone is 1. The maximum atomic E-state index is 12.0. The molecule has 1 fully saturated rings. The topological polar surface area (TPSA) is 64.2 Å². The van der Waals surface area contributed by atoms with E-state index in [0.29, 0.717) is 18.8 Å². The van der Waals surface area contributed by atoms with E-state index in [1.165, 1.54) is 4.68 Å². The van der Waals surface area contributed by atoms with Crippen molar-refractivity contribution in [2.75, 3.05) is 18.0 Å². The number of rotatable bonds is 4. The number of hydrogen-bond donors (Lipinski definition) is 1. The van der Waals surface area contributed by atoms with E-state index in [4.69, 9.17) is 17.3 Å². The third kappa shape index (κ3) is 2.28. The highest BCUT2D eigenvalue weighted by atomic mass is 35.5. The molecular weight excluding hydrogens is 252 g/mol. The van der Waals surface area contributed by atoms with Gasteiger partial charge in [-0.15, -0.1) is 6.58 Å². The number of anilines is 1. The maximum Gasteiger partial charge on any atom is 0.287 e. The van der Waals surface area contributed by atoms with E-state index in [0.717, 1.165) is 19.4 Å². The molecule has 0 aromatic carbocycles. The monoisotopic (exact) mass is 268 g/mol. The summed E-state index contributed by atoms with van der Waals surface area (Å²) in [5.74, 6) is 0. The lowest BCUT2D eigenvalue weighted by Crippen LogP contribution is -2.37. The van der Waals surface area contributed by atoms with E-state index in [1.807, 2.05) is 0 Å². The molecule has 1 unspecified atom stereocenters. The van der Waals surface area contributed by atoms with Crippen LogP contribution in [0, 0.1) is 0 Å². The van der Waals surface area contributed by atoms with Crippen molar-refractivity contribution in [1.82, 2.24) is 9.78 Å². The summed E-state index contributed by atoms with van der Waals surface area (Å²) in [5.41, 5.74) is 6.13. The average Bonchev–Trinajstić information content (AvgIpc) is 2.83. The number of halogens is 1. The van der Waals surface area contributed by atoms with Gasteiger partial charge in [0.15, 0.2) is 0 Å². The lowest BCUT2D eigenvalue weighted by Gasteiger charge is -2.26. The lowest BCUT2D eigenvalue weighted by atomic mass is 10.2. The van der Waals surface area contributed by atoms with Crippen LogP contribution in [0.5, 0.6) is 0 Å². The highest BCUT2D eigenvalue weighted by molar-refractivity contribution is 6.33. The Morgan fingerprint density at radius 2 is 2.44 bits per heavy atom. The highest BCUT2D eigenvalue weighted by Crippen LogP contribution is 2.28. The smallest absolute Gasteiger partial charge is 0.287 e. The summed E-state index contributed by atoms with van der Waals surface area (Å²) >= 11 is 6.15. The first-order valence-electron chi connectivity index (χ1n) is 6.02. The lowest BCUT2D eigenvalue weighted by molar-refractivity contribution is 0.639. The molecule has 2 rings (SSSR count). The zero-order chi connectivity index (χ0) is 13.1. The van der Waals surface area contributed by atoms with Crippen molar-refractivity contribution in [3.8, 4) is 0 Å². The molecule has 1 aromatic heterocycles. The summed E-state index contributed by atoms with van der Waals surface area (Å²) in [7, 11) is 0. The van der Waals surface area contributed by atoms with Crippen LogP contribution in [0.2, 0.25) is 5.02 Å². The first-order valence-corrected chi connectivity index (χ1v) is 6.40. The predicted molar refractivity (Wildman–Crippen MR) is 73.1 cm³/mol. The summed E-state index contributed by atoms with van der Waals surface area (Å²) < 4.78 is 1.30. The highest BCUT2D eigenvalue weighted by Gasteiger charge is 2.26. The fraction of sp³-hybridized carbons (Fsp3) is 0.500. The van der Waals surface area contributed by atoms with Gasteiger partial charge in [-0.3, -0.25) is 4.79 Å². The maximum absolute atomic E-state index is 12.0. The summed E-state index contributed by atoms with van der Waals surface area (Å²) in [6.07, 6.45) is 5.35. The van der Waals surface area contributed by atoms with E-state index in [9.17, 15) is 4.79 Å². The van der Waals surface area contributed by atoms with Crippen molar-refractivity contribution in [2.24, 2.45) is 5.73 Å². The van der Waals surface area contributed by atoms with Crippen LogP contribution in [0.1, 0.15) is 12.8 Å². The van der Waals surface area contributed by atoms with E-state index >= 15 is 0 Å². The zero-order valence-corrected chi connectivity index (χ0v) is 10.9. The molecule has 1 atom stereocenters. The molecule has 1 saturated heterocycles. The van der Waals surface area contributed by atoms with Crippen LogP contribution in [0.15, 0.2) is 23.6 Å². The third-order valence-corrected chi connectivity index (χ3v) is 3.58. The Morgan fingerprint density at radius 3 is 3.11 bits per heavy atom. The second-order valence-electron chi connectivity index (χ2n) is 4.34. The van der Waals surface area contributed by atoms with Gasteiger partial charge in [0, 0.05) is 19.1 Å². The Morgan fingerprint density at radius 1 is 1.67 bits per heavy atom. The molecule has 5 nitrogen and oxygen atoms in total. The molecule has 98 valence electrons. The Hall–Kier alpha value is -1.33. The molecule has 0 radical (unpaired) electrons. The molecule has 0 amide bonds. The van der Waals surface area contributed by atoms with Crippen LogP contribution in [-0.4, -0.2) is 28.9 Å². The molecule has 2 heterocycles. The fourth-order valence-electron chi connectivity index (χ4n) is 2.31. The summed E-state index contributed by atoms with van der Waals surface area (Å²) in [6, 6.07) is 0.249. The van der Waals surface area contributed by atoms with Crippen molar-refractivity contribution in [2.45, 2.75) is 25.4 Å². The Labute approximate surface area is 111 Å². The average molecular weight is 269 g/mol. The number of nitrogens with zero attached hydrogens (tertiary/aromatic N) is 3. The van der Waals surface area contributed by atoms with Crippen molar-refractivity contribution < 1.29 is 0 Å². The standard InChI is InChI=1S/C12H17ClN4O/c1-2-5-17-12(18)11(13)10(8-15-17)16-6-3-4-9(16)7-14/h2,8-9H,1,3-7,14H2. The molecule has 1 aromatic rings. The first kappa shape index (κ1) is 13.1.